The molecule has 1 saturated heterocycles. The second kappa shape index (κ2) is 12.2. The van der Waals surface area contributed by atoms with Crippen LogP contribution in [0.4, 0.5) is 5.88 Å². The van der Waals surface area contributed by atoms with Crippen molar-refractivity contribution in [3.63, 3.8) is 0 Å². The third-order valence-corrected chi connectivity index (χ3v) is 5.43. The van der Waals surface area contributed by atoms with Crippen LogP contribution in [0, 0.1) is 5.92 Å². The highest BCUT2D eigenvalue weighted by atomic mass is 16.5. The van der Waals surface area contributed by atoms with Crippen molar-refractivity contribution in [3.05, 3.63) is 35.9 Å². The Balaban J connectivity index is 1.78. The second-order valence-corrected chi connectivity index (χ2v) is 8.69. The summed E-state index contributed by atoms with van der Waals surface area (Å²) in [5.74, 6) is 1.30. The first kappa shape index (κ1) is 23.7. The van der Waals surface area contributed by atoms with E-state index in [-0.39, 0.29) is 0 Å². The normalized spacial score (nSPS) is 15.4. The lowest BCUT2D eigenvalue weighted by Gasteiger charge is -2.26. The van der Waals surface area contributed by atoms with E-state index in [9.17, 15) is 5.11 Å². The van der Waals surface area contributed by atoms with Crippen LogP contribution in [0.2, 0.25) is 0 Å². The molecule has 1 aromatic heterocycles. The molecule has 0 amide bonds. The van der Waals surface area contributed by atoms with Crippen molar-refractivity contribution in [2.24, 2.45) is 5.92 Å². The van der Waals surface area contributed by atoms with Crippen LogP contribution in [0.5, 0.6) is 0 Å². The van der Waals surface area contributed by atoms with Crippen molar-refractivity contribution in [3.8, 4) is 11.3 Å². The monoisotopic (exact) mass is 431 g/mol. The van der Waals surface area contributed by atoms with E-state index in [4.69, 9.17) is 14.0 Å². The SMILES string of the molecule is COCCN(Cc1c(-c2ccccc2)noc1N1CCCC1)C[C@H](O)COCC(C)C. The summed E-state index contributed by atoms with van der Waals surface area (Å²) in [4.78, 5) is 4.48. The molecule has 1 aliphatic heterocycles. The fourth-order valence-corrected chi connectivity index (χ4v) is 3.90. The fourth-order valence-electron chi connectivity index (χ4n) is 3.90. The number of benzene rings is 1. The molecule has 2 aromatic rings. The Labute approximate surface area is 185 Å². The van der Waals surface area contributed by atoms with Crippen LogP contribution in [0.15, 0.2) is 34.9 Å². The molecule has 7 heteroatoms. The topological polar surface area (TPSA) is 71.2 Å². The van der Waals surface area contributed by atoms with Crippen molar-refractivity contribution in [1.82, 2.24) is 10.1 Å². The molecule has 1 aliphatic rings. The third-order valence-electron chi connectivity index (χ3n) is 5.43. The average Bonchev–Trinajstić information content (AvgIpc) is 3.42. The van der Waals surface area contributed by atoms with Crippen molar-refractivity contribution in [2.45, 2.75) is 39.3 Å². The maximum absolute atomic E-state index is 10.6. The standard InChI is InChI=1S/C24H37N3O4/c1-19(2)17-30-18-21(28)15-26(13-14-29-3)16-22-23(20-9-5-4-6-10-20)25-31-24(22)27-11-7-8-12-27/h4-6,9-10,19,21,28H,7-8,11-18H2,1-3H3/t21-/m0/s1. The second-order valence-electron chi connectivity index (χ2n) is 8.69. The van der Waals surface area contributed by atoms with E-state index in [1.54, 1.807) is 7.11 Å². The summed E-state index contributed by atoms with van der Waals surface area (Å²) in [7, 11) is 1.70. The zero-order valence-electron chi connectivity index (χ0n) is 19.1. The molecule has 1 N–H and O–H groups in total. The van der Waals surface area contributed by atoms with Gasteiger partial charge in [0.25, 0.3) is 0 Å². The Bertz CT molecular complexity index is 759. The molecule has 0 radical (unpaired) electrons. The lowest BCUT2D eigenvalue weighted by atomic mass is 10.1. The van der Waals surface area contributed by atoms with Gasteiger partial charge in [0.05, 0.1) is 24.9 Å². The van der Waals surface area contributed by atoms with Crippen LogP contribution in [0.3, 0.4) is 0 Å². The van der Waals surface area contributed by atoms with Crippen molar-refractivity contribution in [1.29, 1.82) is 0 Å². The third kappa shape index (κ3) is 7.04. The summed E-state index contributed by atoms with van der Waals surface area (Å²) < 4.78 is 16.8. The van der Waals surface area contributed by atoms with Gasteiger partial charge < -0.3 is 24.0 Å². The van der Waals surface area contributed by atoms with Gasteiger partial charge >= 0.3 is 0 Å². The van der Waals surface area contributed by atoms with E-state index in [1.165, 1.54) is 12.8 Å². The van der Waals surface area contributed by atoms with Crippen molar-refractivity contribution in [2.75, 3.05) is 58.0 Å². The van der Waals surface area contributed by atoms with Gasteiger partial charge in [-0.2, -0.15) is 0 Å². The Hall–Kier alpha value is -1.93. The van der Waals surface area contributed by atoms with E-state index in [2.05, 4.69) is 40.9 Å². The number of nitrogens with zero attached hydrogens (tertiary/aromatic N) is 3. The summed E-state index contributed by atoms with van der Waals surface area (Å²) in [6.45, 7) is 9.59. The number of aromatic nitrogens is 1. The first-order valence-corrected chi connectivity index (χ1v) is 11.3. The van der Waals surface area contributed by atoms with Gasteiger partial charge in [0.1, 0.15) is 5.69 Å². The summed E-state index contributed by atoms with van der Waals surface area (Å²) in [6, 6.07) is 10.2. The van der Waals surface area contributed by atoms with Gasteiger partial charge in [-0.1, -0.05) is 49.3 Å². The first-order chi connectivity index (χ1) is 15.1. The zero-order valence-corrected chi connectivity index (χ0v) is 19.1. The average molecular weight is 432 g/mol. The van der Waals surface area contributed by atoms with Gasteiger partial charge in [-0.15, -0.1) is 0 Å². The molecule has 1 fully saturated rings. The molecule has 7 nitrogen and oxygen atoms in total. The van der Waals surface area contributed by atoms with E-state index < -0.39 is 6.10 Å². The highest BCUT2D eigenvalue weighted by Gasteiger charge is 2.26. The maximum Gasteiger partial charge on any atom is 0.232 e. The van der Waals surface area contributed by atoms with Crippen LogP contribution in [0.1, 0.15) is 32.3 Å². The van der Waals surface area contributed by atoms with Crippen molar-refractivity contribution < 1.29 is 19.1 Å². The molecule has 3 rings (SSSR count). The Morgan fingerprint density at radius 3 is 2.58 bits per heavy atom. The molecule has 31 heavy (non-hydrogen) atoms. The van der Waals surface area contributed by atoms with Gasteiger partial charge in [-0.05, 0) is 18.8 Å². The van der Waals surface area contributed by atoms with Gasteiger partial charge in [0.15, 0.2) is 0 Å². The van der Waals surface area contributed by atoms with E-state index in [1.807, 2.05) is 18.2 Å². The molecular formula is C24H37N3O4. The van der Waals surface area contributed by atoms with Gasteiger partial charge in [0, 0.05) is 52.0 Å². The predicted molar refractivity (Wildman–Crippen MR) is 122 cm³/mol. The first-order valence-electron chi connectivity index (χ1n) is 11.3. The Morgan fingerprint density at radius 1 is 1.16 bits per heavy atom. The summed E-state index contributed by atoms with van der Waals surface area (Å²) in [6.07, 6.45) is 1.77. The summed E-state index contributed by atoms with van der Waals surface area (Å²) in [5.41, 5.74) is 2.98. The number of aliphatic hydroxyl groups excluding tert-OH is 1. The number of hydrogen-bond donors (Lipinski definition) is 1. The lowest BCUT2D eigenvalue weighted by Crippen LogP contribution is -2.37. The van der Waals surface area contributed by atoms with Crippen LogP contribution in [0.25, 0.3) is 11.3 Å². The molecule has 2 heterocycles. The quantitative estimate of drug-likeness (QED) is 0.521. The predicted octanol–water partition coefficient (Wildman–Crippen LogP) is 3.42. The zero-order chi connectivity index (χ0) is 22.1. The fraction of sp³-hybridized carbons (Fsp3) is 0.625. The molecule has 1 atom stereocenters. The van der Waals surface area contributed by atoms with Crippen LogP contribution in [-0.2, 0) is 16.0 Å². The largest absolute Gasteiger partial charge is 0.389 e. The molecule has 172 valence electrons. The van der Waals surface area contributed by atoms with Gasteiger partial charge in [0.2, 0.25) is 5.88 Å². The van der Waals surface area contributed by atoms with E-state index in [0.29, 0.717) is 45.4 Å². The smallest absolute Gasteiger partial charge is 0.232 e. The number of rotatable bonds is 13. The van der Waals surface area contributed by atoms with Crippen LogP contribution >= 0.6 is 0 Å². The molecule has 1 aromatic carbocycles. The summed E-state index contributed by atoms with van der Waals surface area (Å²) in [5, 5.41) is 15.0. The number of methoxy groups -OCH3 is 1. The minimum Gasteiger partial charge on any atom is -0.389 e. The number of anilines is 1. The lowest BCUT2D eigenvalue weighted by molar-refractivity contribution is 0.00338. The Morgan fingerprint density at radius 2 is 1.90 bits per heavy atom. The Kier molecular flexibility index (Phi) is 9.33. The van der Waals surface area contributed by atoms with Crippen LogP contribution < -0.4 is 4.90 Å². The van der Waals surface area contributed by atoms with E-state index >= 15 is 0 Å². The molecule has 0 aliphatic carbocycles. The molecule has 0 unspecified atom stereocenters. The highest BCUT2D eigenvalue weighted by Crippen LogP contribution is 2.34. The molecule has 0 saturated carbocycles. The maximum atomic E-state index is 10.6. The summed E-state index contributed by atoms with van der Waals surface area (Å²) >= 11 is 0. The number of hydrogen-bond acceptors (Lipinski definition) is 7. The van der Waals surface area contributed by atoms with Crippen molar-refractivity contribution >= 4 is 5.88 Å². The highest BCUT2D eigenvalue weighted by molar-refractivity contribution is 5.68. The minimum atomic E-state index is -0.564. The molecule has 0 spiro atoms. The van der Waals surface area contributed by atoms with E-state index in [0.717, 1.165) is 35.8 Å². The van der Waals surface area contributed by atoms with Gasteiger partial charge in [-0.3, -0.25) is 4.90 Å². The number of aliphatic hydroxyl groups is 1. The van der Waals surface area contributed by atoms with Gasteiger partial charge in [-0.25, -0.2) is 0 Å². The minimum absolute atomic E-state index is 0.329. The molecule has 0 bridgehead atoms. The van der Waals surface area contributed by atoms with Crippen LogP contribution in [-0.4, -0.2) is 74.4 Å². The molecular weight excluding hydrogens is 394 g/mol. The number of ether oxygens (including phenoxy) is 2.